The maximum Gasteiger partial charge on any atom is 0.271 e. The second kappa shape index (κ2) is 11.2. The Hall–Kier alpha value is -2.31. The van der Waals surface area contributed by atoms with Gasteiger partial charge in [-0.15, -0.1) is 0 Å². The van der Waals surface area contributed by atoms with E-state index in [-0.39, 0.29) is 10.6 Å². The number of amides is 1. The van der Waals surface area contributed by atoms with Gasteiger partial charge in [-0.05, 0) is 78.6 Å². The van der Waals surface area contributed by atoms with E-state index in [1.807, 2.05) is 12.1 Å². The molecule has 0 saturated heterocycles. The van der Waals surface area contributed by atoms with Gasteiger partial charge in [-0.1, -0.05) is 66.3 Å². The number of hydrogen-bond donors (Lipinski definition) is 0. The van der Waals surface area contributed by atoms with Crippen LogP contribution in [-0.2, 0) is 21.2 Å². The summed E-state index contributed by atoms with van der Waals surface area (Å²) in [5, 5.41) is 1.11. The molecule has 3 aromatic rings. The van der Waals surface area contributed by atoms with E-state index < -0.39 is 15.9 Å². The van der Waals surface area contributed by atoms with Crippen molar-refractivity contribution in [1.29, 1.82) is 0 Å². The zero-order chi connectivity index (χ0) is 24.0. The SMILES string of the molecule is CCCCc1ccc(N(C(=O)/C=C/c2ccc(Cl)c(Cl)c2)S(=O)(=O)c2ccc(Cl)cc2)cc1. The third-order valence-electron chi connectivity index (χ3n) is 4.90. The molecule has 0 bridgehead atoms. The van der Waals surface area contributed by atoms with Crippen molar-refractivity contribution in [2.45, 2.75) is 31.1 Å². The summed E-state index contributed by atoms with van der Waals surface area (Å²) >= 11 is 17.9. The first-order chi connectivity index (χ1) is 15.7. The van der Waals surface area contributed by atoms with Gasteiger partial charge in [0.2, 0.25) is 0 Å². The Morgan fingerprint density at radius 2 is 1.58 bits per heavy atom. The Morgan fingerprint density at radius 1 is 0.909 bits per heavy atom. The first kappa shape index (κ1) is 25.3. The number of aryl methyl sites for hydroxylation is 1. The quantitative estimate of drug-likeness (QED) is 0.289. The summed E-state index contributed by atoms with van der Waals surface area (Å²) < 4.78 is 27.7. The molecule has 0 aromatic heterocycles. The van der Waals surface area contributed by atoms with Crippen molar-refractivity contribution in [3.05, 3.63) is 99.0 Å². The molecule has 0 aliphatic carbocycles. The molecule has 0 aliphatic heterocycles. The smallest absolute Gasteiger partial charge is 0.268 e. The van der Waals surface area contributed by atoms with E-state index in [0.717, 1.165) is 29.1 Å². The van der Waals surface area contributed by atoms with Crippen molar-refractivity contribution in [2.75, 3.05) is 4.31 Å². The van der Waals surface area contributed by atoms with Crippen LogP contribution in [0.2, 0.25) is 15.1 Å². The van der Waals surface area contributed by atoms with Crippen LogP contribution in [0.15, 0.2) is 77.7 Å². The van der Waals surface area contributed by atoms with Crippen LogP contribution < -0.4 is 4.31 Å². The van der Waals surface area contributed by atoms with Gasteiger partial charge < -0.3 is 0 Å². The number of sulfonamides is 1. The molecule has 0 spiro atoms. The van der Waals surface area contributed by atoms with Gasteiger partial charge in [0.1, 0.15) is 0 Å². The van der Waals surface area contributed by atoms with Crippen molar-refractivity contribution in [3.8, 4) is 0 Å². The number of unbranched alkanes of at least 4 members (excludes halogenated alkanes) is 1. The Balaban J connectivity index is 2.00. The third kappa shape index (κ3) is 6.39. The lowest BCUT2D eigenvalue weighted by molar-refractivity contribution is -0.113. The van der Waals surface area contributed by atoms with Crippen LogP contribution in [0.3, 0.4) is 0 Å². The van der Waals surface area contributed by atoms with E-state index in [2.05, 4.69) is 6.92 Å². The molecule has 0 aliphatic rings. The highest BCUT2D eigenvalue weighted by Crippen LogP contribution is 2.27. The second-order valence-corrected chi connectivity index (χ2v) is 10.4. The monoisotopic (exact) mass is 521 g/mol. The van der Waals surface area contributed by atoms with Gasteiger partial charge in [0.15, 0.2) is 0 Å². The fourth-order valence-electron chi connectivity index (χ4n) is 3.13. The summed E-state index contributed by atoms with van der Waals surface area (Å²) in [6.07, 6.45) is 5.64. The highest BCUT2D eigenvalue weighted by atomic mass is 35.5. The molecular weight excluding hydrogens is 501 g/mol. The molecule has 0 heterocycles. The Bertz CT molecular complexity index is 1260. The van der Waals surface area contributed by atoms with E-state index >= 15 is 0 Å². The molecule has 0 fully saturated rings. The lowest BCUT2D eigenvalue weighted by Gasteiger charge is -2.22. The minimum absolute atomic E-state index is 0.0433. The molecule has 3 rings (SSSR count). The fraction of sp³-hybridized carbons (Fsp3) is 0.160. The fourth-order valence-corrected chi connectivity index (χ4v) is 4.95. The number of nitrogens with zero attached hydrogens (tertiary/aromatic N) is 1. The summed E-state index contributed by atoms with van der Waals surface area (Å²) in [4.78, 5) is 13.1. The van der Waals surface area contributed by atoms with Crippen LogP contribution in [0.1, 0.15) is 30.9 Å². The molecule has 0 atom stereocenters. The van der Waals surface area contributed by atoms with Gasteiger partial charge in [-0.25, -0.2) is 8.42 Å². The highest BCUT2D eigenvalue weighted by molar-refractivity contribution is 7.93. The predicted molar refractivity (Wildman–Crippen MR) is 137 cm³/mol. The van der Waals surface area contributed by atoms with Crippen LogP contribution in [0, 0.1) is 0 Å². The number of rotatable bonds is 8. The Kier molecular flexibility index (Phi) is 8.60. The number of carbonyl (C=O) groups excluding carboxylic acids is 1. The summed E-state index contributed by atoms with van der Waals surface area (Å²) in [6, 6.07) is 17.5. The molecule has 172 valence electrons. The largest absolute Gasteiger partial charge is 0.271 e. The topological polar surface area (TPSA) is 54.5 Å². The lowest BCUT2D eigenvalue weighted by Crippen LogP contribution is -2.35. The first-order valence-electron chi connectivity index (χ1n) is 10.3. The maximum absolute atomic E-state index is 13.4. The number of benzene rings is 3. The van der Waals surface area contributed by atoms with Crippen LogP contribution >= 0.6 is 34.8 Å². The molecule has 0 saturated carbocycles. The van der Waals surface area contributed by atoms with Gasteiger partial charge in [-0.2, -0.15) is 4.31 Å². The Labute approximate surface area is 209 Å². The van der Waals surface area contributed by atoms with Crippen molar-refractivity contribution in [1.82, 2.24) is 0 Å². The van der Waals surface area contributed by atoms with Gasteiger partial charge >= 0.3 is 0 Å². The third-order valence-corrected chi connectivity index (χ3v) is 7.63. The number of hydrogen-bond acceptors (Lipinski definition) is 3. The van der Waals surface area contributed by atoms with Crippen molar-refractivity contribution in [3.63, 3.8) is 0 Å². The van der Waals surface area contributed by atoms with Gasteiger partial charge in [0.25, 0.3) is 15.9 Å². The number of anilines is 1. The maximum atomic E-state index is 13.4. The standard InChI is InChI=1S/C25H22Cl3NO3S/c1-2-3-4-18-5-11-21(12-6-18)29(33(31,32)22-13-9-20(26)10-14-22)25(30)16-8-19-7-15-23(27)24(28)17-19/h5-17H,2-4H2,1H3/b16-8+. The summed E-state index contributed by atoms with van der Waals surface area (Å²) in [6.45, 7) is 2.10. The predicted octanol–water partition coefficient (Wildman–Crippen LogP) is 7.42. The lowest BCUT2D eigenvalue weighted by atomic mass is 10.1. The summed E-state index contributed by atoms with van der Waals surface area (Å²) in [5.74, 6) is -0.725. The number of carbonyl (C=O) groups is 1. The van der Waals surface area contributed by atoms with Crippen molar-refractivity contribution < 1.29 is 13.2 Å². The highest BCUT2D eigenvalue weighted by Gasteiger charge is 2.29. The average Bonchev–Trinajstić information content (AvgIpc) is 2.79. The molecule has 4 nitrogen and oxygen atoms in total. The van der Waals surface area contributed by atoms with Crippen molar-refractivity contribution >= 4 is 62.5 Å². The van der Waals surface area contributed by atoms with Crippen LogP contribution in [0.4, 0.5) is 5.69 Å². The van der Waals surface area contributed by atoms with Crippen molar-refractivity contribution in [2.24, 2.45) is 0 Å². The van der Waals surface area contributed by atoms with Gasteiger partial charge in [0.05, 0.1) is 20.6 Å². The van der Waals surface area contributed by atoms with E-state index in [9.17, 15) is 13.2 Å². The minimum Gasteiger partial charge on any atom is -0.268 e. The van der Waals surface area contributed by atoms with Crippen LogP contribution in [-0.4, -0.2) is 14.3 Å². The normalized spacial score (nSPS) is 11.6. The molecule has 3 aromatic carbocycles. The molecule has 0 unspecified atom stereocenters. The van der Waals surface area contributed by atoms with Gasteiger partial charge in [-0.3, -0.25) is 4.79 Å². The molecule has 1 amide bonds. The molecule has 0 N–H and O–H groups in total. The average molecular weight is 523 g/mol. The zero-order valence-electron chi connectivity index (χ0n) is 17.8. The minimum atomic E-state index is -4.19. The molecule has 8 heteroatoms. The Morgan fingerprint density at radius 3 is 2.18 bits per heavy atom. The molecule has 0 radical (unpaired) electrons. The van der Waals surface area contributed by atoms with E-state index in [1.165, 1.54) is 36.4 Å². The first-order valence-corrected chi connectivity index (χ1v) is 12.9. The van der Waals surface area contributed by atoms with Gasteiger partial charge in [0, 0.05) is 11.1 Å². The van der Waals surface area contributed by atoms with E-state index in [0.29, 0.717) is 20.6 Å². The molecule has 33 heavy (non-hydrogen) atoms. The molecular formula is C25H22Cl3NO3S. The summed E-state index contributed by atoms with van der Waals surface area (Å²) in [7, 11) is -4.19. The van der Waals surface area contributed by atoms with E-state index in [1.54, 1.807) is 30.3 Å². The van der Waals surface area contributed by atoms with Crippen LogP contribution in [0.25, 0.3) is 6.08 Å². The van der Waals surface area contributed by atoms with E-state index in [4.69, 9.17) is 34.8 Å². The second-order valence-electron chi connectivity index (χ2n) is 7.34. The number of halogens is 3. The zero-order valence-corrected chi connectivity index (χ0v) is 20.9. The van der Waals surface area contributed by atoms with Crippen LogP contribution in [0.5, 0.6) is 0 Å². The summed E-state index contributed by atoms with van der Waals surface area (Å²) in [5.41, 5.74) is 1.92.